The number of anilines is 2. The van der Waals surface area contributed by atoms with E-state index in [0.29, 0.717) is 12.8 Å². The van der Waals surface area contributed by atoms with Gasteiger partial charge in [0.25, 0.3) is 5.91 Å². The summed E-state index contributed by atoms with van der Waals surface area (Å²) in [6.07, 6.45) is 0.856. The molecule has 2 aromatic rings. The lowest BCUT2D eigenvalue weighted by molar-refractivity contribution is -0.117. The molecule has 2 amide bonds. The van der Waals surface area contributed by atoms with Crippen molar-refractivity contribution in [1.82, 2.24) is 5.12 Å². The van der Waals surface area contributed by atoms with Gasteiger partial charge >= 0.3 is 0 Å². The molecular weight excluding hydrogens is 435 g/mol. The molecule has 0 atom stereocenters. The summed E-state index contributed by atoms with van der Waals surface area (Å²) < 4.78 is 51.7. The van der Waals surface area contributed by atoms with Crippen LogP contribution in [0.15, 0.2) is 30.3 Å². The van der Waals surface area contributed by atoms with Crippen molar-refractivity contribution in [2.24, 2.45) is 0 Å². The number of rotatable bonds is 9. The Morgan fingerprint density at radius 2 is 1.85 bits per heavy atom. The molecule has 1 aliphatic rings. The zero-order chi connectivity index (χ0) is 24.1. The van der Waals surface area contributed by atoms with E-state index < -0.39 is 34.7 Å². The molecule has 0 saturated carbocycles. The first-order valence-corrected chi connectivity index (χ1v) is 11.0. The number of amides is 2. The fourth-order valence-corrected chi connectivity index (χ4v) is 3.96. The molecule has 0 N–H and O–H groups in total. The third-order valence-corrected chi connectivity index (χ3v) is 5.42. The smallest absolute Gasteiger partial charge is 0.286 e. The number of halogens is 3. The average Bonchev–Trinajstić information content (AvgIpc) is 3.21. The molecule has 2 aromatic carbocycles. The first kappa shape index (κ1) is 24.4. The second kappa shape index (κ2) is 10.6. The fourth-order valence-electron chi connectivity index (χ4n) is 3.96. The number of carbonyl (C=O) groups excluding carboxylic acids is 2. The maximum atomic E-state index is 15.9. The predicted octanol–water partition coefficient (Wildman–Crippen LogP) is 4.86. The van der Waals surface area contributed by atoms with E-state index in [9.17, 15) is 14.1 Å². The van der Waals surface area contributed by atoms with Crippen molar-refractivity contribution in [2.75, 3.05) is 36.5 Å². The van der Waals surface area contributed by atoms with Crippen LogP contribution in [0.1, 0.15) is 49.0 Å². The fraction of sp³-hybridized carbons (Fsp3) is 0.417. The molecule has 1 fully saturated rings. The first-order chi connectivity index (χ1) is 15.8. The maximum absolute atomic E-state index is 15.9. The molecule has 33 heavy (non-hydrogen) atoms. The Kier molecular flexibility index (Phi) is 7.84. The van der Waals surface area contributed by atoms with Gasteiger partial charge in [-0.15, -0.1) is 0 Å². The van der Waals surface area contributed by atoms with Gasteiger partial charge < -0.3 is 14.5 Å². The van der Waals surface area contributed by atoms with Gasteiger partial charge in [-0.1, -0.05) is 41.7 Å². The van der Waals surface area contributed by atoms with Gasteiger partial charge in [-0.2, -0.15) is 5.12 Å². The number of hydrogen-bond donors (Lipinski definition) is 0. The molecule has 0 unspecified atom stereocenters. The lowest BCUT2D eigenvalue weighted by atomic mass is 10.0. The van der Waals surface area contributed by atoms with Crippen LogP contribution in [0.5, 0.6) is 5.75 Å². The predicted molar refractivity (Wildman–Crippen MR) is 120 cm³/mol. The van der Waals surface area contributed by atoms with Gasteiger partial charge in [-0.25, -0.2) is 8.78 Å². The summed E-state index contributed by atoms with van der Waals surface area (Å²) in [6.45, 7) is 3.32. The molecule has 9 heteroatoms. The van der Waals surface area contributed by atoms with Crippen LogP contribution in [0.2, 0.25) is 0 Å². The van der Waals surface area contributed by atoms with Gasteiger partial charge in [0.05, 0.1) is 18.8 Å². The molecule has 0 radical (unpaired) electrons. The second-order valence-electron chi connectivity index (χ2n) is 7.84. The third kappa shape index (κ3) is 4.91. The third-order valence-electron chi connectivity index (χ3n) is 5.42. The van der Waals surface area contributed by atoms with Crippen LogP contribution in [-0.4, -0.2) is 43.7 Å². The van der Waals surface area contributed by atoms with Crippen molar-refractivity contribution >= 4 is 23.2 Å². The molecule has 0 aromatic heterocycles. The highest BCUT2D eigenvalue weighted by atomic mass is 19.2. The van der Waals surface area contributed by atoms with Crippen LogP contribution < -0.4 is 14.5 Å². The maximum Gasteiger partial charge on any atom is 0.286 e. The van der Waals surface area contributed by atoms with Gasteiger partial charge in [0, 0.05) is 26.6 Å². The highest BCUT2D eigenvalue weighted by molar-refractivity contribution is 6.04. The molecule has 0 aliphatic carbocycles. The number of benzene rings is 2. The molecule has 1 saturated heterocycles. The summed E-state index contributed by atoms with van der Waals surface area (Å²) in [7, 11) is 1.55. The van der Waals surface area contributed by atoms with Crippen molar-refractivity contribution < 1.29 is 27.6 Å². The first-order valence-electron chi connectivity index (χ1n) is 11.0. The largest absolute Gasteiger partial charge is 0.489 e. The van der Waals surface area contributed by atoms with Crippen LogP contribution in [0.25, 0.3) is 0 Å². The molecule has 3 rings (SSSR count). The van der Waals surface area contributed by atoms with Gasteiger partial charge in [0.2, 0.25) is 5.91 Å². The quantitative estimate of drug-likeness (QED) is 0.499. The van der Waals surface area contributed by atoms with E-state index in [1.54, 1.807) is 20.9 Å². The van der Waals surface area contributed by atoms with Crippen molar-refractivity contribution in [3.63, 3.8) is 0 Å². The summed E-state index contributed by atoms with van der Waals surface area (Å²) in [5.74, 6) is -4.47. The van der Waals surface area contributed by atoms with Crippen molar-refractivity contribution in [3.8, 4) is 5.75 Å². The summed E-state index contributed by atoms with van der Waals surface area (Å²) >= 11 is 0. The van der Waals surface area contributed by atoms with Crippen LogP contribution in [0, 0.1) is 11.6 Å². The topological polar surface area (TPSA) is 53.1 Å². The molecule has 0 spiro atoms. The number of hydrogen-bond acceptors (Lipinski definition) is 4. The minimum Gasteiger partial charge on any atom is -0.489 e. The van der Waals surface area contributed by atoms with Gasteiger partial charge in [0.1, 0.15) is 11.3 Å². The monoisotopic (exact) mass is 463 g/mol. The molecular formula is C24H28F3N3O3. The Labute approximate surface area is 191 Å². The van der Waals surface area contributed by atoms with Gasteiger partial charge in [0.15, 0.2) is 17.4 Å². The Balaban J connectivity index is 2.25. The highest BCUT2D eigenvalue weighted by Crippen LogP contribution is 2.44. The van der Waals surface area contributed by atoms with E-state index in [1.165, 1.54) is 4.90 Å². The minimum absolute atomic E-state index is 0.0179. The Bertz CT molecular complexity index is 1020. The zero-order valence-electron chi connectivity index (χ0n) is 19.0. The Hall–Kier alpha value is -3.23. The van der Waals surface area contributed by atoms with E-state index in [1.807, 2.05) is 30.3 Å². The standard InChI is InChI=1S/C24H28F3N3O3/c1-4-13-30(27)24(32)18-19(25)22(29-14-9-12-17(29)31)20(26)23(33-5-2)21(18)28(3)15-16-10-7-6-8-11-16/h6-8,10-11H,4-5,9,12-15H2,1-3H3. The van der Waals surface area contributed by atoms with E-state index in [4.69, 9.17) is 4.74 Å². The SMILES string of the molecule is CCCN(F)C(=O)c1c(F)c(N2CCCC2=O)c(F)c(OCC)c1N(C)Cc1ccccc1. The molecule has 178 valence electrons. The Morgan fingerprint density at radius 3 is 2.42 bits per heavy atom. The van der Waals surface area contributed by atoms with Crippen LogP contribution in [0.4, 0.5) is 24.6 Å². The second-order valence-corrected chi connectivity index (χ2v) is 7.84. The number of ether oxygens (including phenoxy) is 1. The lowest BCUT2D eigenvalue weighted by Gasteiger charge is -2.29. The van der Waals surface area contributed by atoms with Gasteiger partial charge in [-0.05, 0) is 25.3 Å². The van der Waals surface area contributed by atoms with E-state index in [-0.39, 0.29) is 49.2 Å². The summed E-state index contributed by atoms with van der Waals surface area (Å²) in [5.41, 5.74) is -0.726. The summed E-state index contributed by atoms with van der Waals surface area (Å²) in [6, 6.07) is 9.09. The number of carbonyl (C=O) groups is 2. The summed E-state index contributed by atoms with van der Waals surface area (Å²) in [5, 5.41) is -0.0958. The zero-order valence-corrected chi connectivity index (χ0v) is 19.0. The Morgan fingerprint density at radius 1 is 1.15 bits per heavy atom. The lowest BCUT2D eigenvalue weighted by Crippen LogP contribution is -2.32. The summed E-state index contributed by atoms with van der Waals surface area (Å²) in [4.78, 5) is 27.8. The van der Waals surface area contributed by atoms with Crippen molar-refractivity contribution in [1.29, 1.82) is 0 Å². The van der Waals surface area contributed by atoms with Crippen molar-refractivity contribution in [3.05, 3.63) is 53.1 Å². The van der Waals surface area contributed by atoms with Crippen LogP contribution in [0.3, 0.4) is 0 Å². The van der Waals surface area contributed by atoms with E-state index in [2.05, 4.69) is 0 Å². The molecule has 1 aliphatic heterocycles. The van der Waals surface area contributed by atoms with Crippen molar-refractivity contribution in [2.45, 2.75) is 39.7 Å². The molecule has 1 heterocycles. The van der Waals surface area contributed by atoms with Crippen LogP contribution >= 0.6 is 0 Å². The van der Waals surface area contributed by atoms with E-state index >= 15 is 8.78 Å². The van der Waals surface area contributed by atoms with E-state index in [0.717, 1.165) is 10.5 Å². The number of nitrogens with zero attached hydrogens (tertiary/aromatic N) is 3. The normalized spacial score (nSPS) is 13.4. The van der Waals surface area contributed by atoms with Gasteiger partial charge in [-0.3, -0.25) is 9.59 Å². The minimum atomic E-state index is -1.27. The average molecular weight is 464 g/mol. The highest BCUT2D eigenvalue weighted by Gasteiger charge is 2.38. The molecule has 6 nitrogen and oxygen atoms in total. The molecule has 0 bridgehead atoms. The van der Waals surface area contributed by atoms with Crippen LogP contribution in [-0.2, 0) is 11.3 Å².